The molecule has 1 unspecified atom stereocenters. The highest BCUT2D eigenvalue weighted by Gasteiger charge is 2.26. The summed E-state index contributed by atoms with van der Waals surface area (Å²) in [4.78, 5) is 13.7. The predicted octanol–water partition coefficient (Wildman–Crippen LogP) is 1.96. The lowest BCUT2D eigenvalue weighted by Crippen LogP contribution is -2.43. The van der Waals surface area contributed by atoms with Crippen LogP contribution < -0.4 is 5.73 Å². The maximum absolute atomic E-state index is 12.9. The van der Waals surface area contributed by atoms with Gasteiger partial charge in [-0.1, -0.05) is 0 Å². The molecular weight excluding hydrogens is 304 g/mol. The minimum Gasteiger partial charge on any atom is -0.341 e. The van der Waals surface area contributed by atoms with E-state index in [1.54, 1.807) is 0 Å². The van der Waals surface area contributed by atoms with E-state index < -0.39 is 36.7 Å². The van der Waals surface area contributed by atoms with E-state index in [1.807, 2.05) is 0 Å². The molecule has 1 aromatic heterocycles. The summed E-state index contributed by atoms with van der Waals surface area (Å²) in [5.74, 6) is -0.231. The molecule has 124 valence electrons. The largest absolute Gasteiger partial charge is 0.341 e. The van der Waals surface area contributed by atoms with Gasteiger partial charge in [0.05, 0.1) is 0 Å². The molecule has 5 nitrogen and oxygen atoms in total. The molecule has 1 aliphatic heterocycles. The van der Waals surface area contributed by atoms with Crippen LogP contribution in [-0.2, 0) is 11.3 Å². The lowest BCUT2D eigenvalue weighted by atomic mass is 9.98. The molecule has 0 aromatic carbocycles. The number of rotatable bonds is 5. The van der Waals surface area contributed by atoms with E-state index >= 15 is 0 Å². The molecule has 2 rings (SSSR count). The van der Waals surface area contributed by atoms with Gasteiger partial charge in [-0.3, -0.25) is 9.48 Å². The number of amides is 1. The van der Waals surface area contributed by atoms with Gasteiger partial charge in [0.2, 0.25) is 5.91 Å². The summed E-state index contributed by atoms with van der Waals surface area (Å²) in [6.45, 7) is 0.956. The first-order valence-electron chi connectivity index (χ1n) is 7.04. The Hall–Kier alpha value is -1.64. The molecule has 22 heavy (non-hydrogen) atoms. The maximum atomic E-state index is 12.9. The summed E-state index contributed by atoms with van der Waals surface area (Å²) >= 11 is 0. The van der Waals surface area contributed by atoms with Crippen molar-refractivity contribution in [3.8, 4) is 0 Å². The molecule has 0 saturated carbocycles. The van der Waals surface area contributed by atoms with E-state index in [4.69, 9.17) is 5.73 Å². The fourth-order valence-corrected chi connectivity index (χ4v) is 2.57. The number of alkyl halides is 4. The highest BCUT2D eigenvalue weighted by atomic mass is 19.3. The Labute approximate surface area is 125 Å². The second-order valence-electron chi connectivity index (χ2n) is 5.34. The third-order valence-corrected chi connectivity index (χ3v) is 3.77. The van der Waals surface area contributed by atoms with E-state index in [0.29, 0.717) is 30.4 Å². The zero-order valence-electron chi connectivity index (χ0n) is 11.9. The molecule has 0 bridgehead atoms. The average Bonchev–Trinajstić information content (AvgIpc) is 2.91. The monoisotopic (exact) mass is 322 g/mol. The molecule has 1 amide bonds. The number of nitrogens with zero attached hydrogens (tertiary/aromatic N) is 3. The van der Waals surface area contributed by atoms with Crippen LogP contribution in [0.4, 0.5) is 17.6 Å². The van der Waals surface area contributed by atoms with Crippen molar-refractivity contribution in [2.75, 3.05) is 19.6 Å². The normalized spacial score (nSPS) is 19.2. The van der Waals surface area contributed by atoms with Gasteiger partial charge >= 0.3 is 0 Å². The number of nitrogens with two attached hydrogens (primary N) is 1. The van der Waals surface area contributed by atoms with Gasteiger partial charge in [-0.15, -0.1) is 0 Å². The summed E-state index contributed by atoms with van der Waals surface area (Å²) in [6.07, 6.45) is -4.22. The van der Waals surface area contributed by atoms with Crippen LogP contribution in [0.5, 0.6) is 0 Å². The molecule has 2 N–H and O–H groups in total. The van der Waals surface area contributed by atoms with Crippen LogP contribution in [0, 0.1) is 5.92 Å². The zero-order chi connectivity index (χ0) is 16.3. The Bertz CT molecular complexity index is 520. The van der Waals surface area contributed by atoms with E-state index in [-0.39, 0.29) is 5.92 Å². The lowest BCUT2D eigenvalue weighted by Gasteiger charge is -2.32. The Balaban J connectivity index is 2.10. The van der Waals surface area contributed by atoms with Crippen molar-refractivity contribution < 1.29 is 22.4 Å². The molecule has 2 heterocycles. The minimum atomic E-state index is -2.97. The van der Waals surface area contributed by atoms with Crippen molar-refractivity contribution in [1.29, 1.82) is 0 Å². The van der Waals surface area contributed by atoms with Crippen molar-refractivity contribution >= 4 is 5.91 Å². The smallest absolute Gasteiger partial charge is 0.282 e. The Morgan fingerprint density at radius 1 is 1.36 bits per heavy atom. The highest BCUT2D eigenvalue weighted by Crippen LogP contribution is 2.25. The first-order chi connectivity index (χ1) is 10.4. The van der Waals surface area contributed by atoms with Gasteiger partial charge in [-0.2, -0.15) is 5.10 Å². The first kappa shape index (κ1) is 16.7. The van der Waals surface area contributed by atoms with E-state index in [9.17, 15) is 22.4 Å². The van der Waals surface area contributed by atoms with Gasteiger partial charge < -0.3 is 10.6 Å². The molecule has 9 heteroatoms. The fraction of sp³-hybridized carbons (Fsp3) is 0.692. The fourth-order valence-electron chi connectivity index (χ4n) is 2.57. The molecule has 1 atom stereocenters. The van der Waals surface area contributed by atoms with E-state index in [2.05, 4.69) is 5.10 Å². The molecule has 0 aliphatic carbocycles. The van der Waals surface area contributed by atoms with Crippen molar-refractivity contribution in [3.05, 3.63) is 17.5 Å². The summed E-state index contributed by atoms with van der Waals surface area (Å²) in [7, 11) is 0. The third-order valence-electron chi connectivity index (χ3n) is 3.77. The maximum Gasteiger partial charge on any atom is 0.282 e. The molecule has 0 radical (unpaired) electrons. The van der Waals surface area contributed by atoms with E-state index in [1.165, 1.54) is 4.90 Å². The zero-order valence-corrected chi connectivity index (χ0v) is 11.9. The van der Waals surface area contributed by atoms with Crippen molar-refractivity contribution in [2.45, 2.75) is 32.2 Å². The summed E-state index contributed by atoms with van der Waals surface area (Å²) in [6, 6.07) is 0.640. The Kier molecular flexibility index (Phi) is 5.38. The Morgan fingerprint density at radius 2 is 2.09 bits per heavy atom. The van der Waals surface area contributed by atoms with Gasteiger partial charge in [0.15, 0.2) is 0 Å². The lowest BCUT2D eigenvalue weighted by molar-refractivity contribution is -0.133. The molecule has 1 aliphatic rings. The molecule has 1 saturated heterocycles. The number of carbonyl (C=O) groups is 1. The van der Waals surface area contributed by atoms with Crippen LogP contribution in [0.15, 0.2) is 6.07 Å². The second-order valence-corrected chi connectivity index (χ2v) is 5.34. The van der Waals surface area contributed by atoms with Crippen LogP contribution in [0.25, 0.3) is 0 Å². The molecule has 1 aromatic rings. The van der Waals surface area contributed by atoms with Gasteiger partial charge in [0, 0.05) is 13.1 Å². The number of carbonyl (C=O) groups excluding carboxylic acids is 1. The third kappa shape index (κ3) is 3.76. The summed E-state index contributed by atoms with van der Waals surface area (Å²) < 4.78 is 51.6. The van der Waals surface area contributed by atoms with Crippen LogP contribution in [0.2, 0.25) is 0 Å². The van der Waals surface area contributed by atoms with E-state index in [0.717, 1.165) is 12.8 Å². The quantitative estimate of drug-likeness (QED) is 0.843. The number of halogens is 4. The number of hydrogen-bond donors (Lipinski definition) is 1. The topological polar surface area (TPSA) is 64.2 Å². The average molecular weight is 322 g/mol. The van der Waals surface area contributed by atoms with Crippen LogP contribution in [0.3, 0.4) is 0 Å². The van der Waals surface area contributed by atoms with Crippen LogP contribution in [0.1, 0.15) is 37.1 Å². The molecular formula is C13H18F4N4O. The standard InChI is InChI=1S/C13H18F4N4O/c14-12(15)9-4-10(13(16)17)21(19-9)7-11(22)20-3-1-2-8(5-18)6-20/h4,8,12-13H,1-3,5-7,18H2. The summed E-state index contributed by atoms with van der Waals surface area (Å²) in [5.41, 5.74) is 4.16. The summed E-state index contributed by atoms with van der Waals surface area (Å²) in [5, 5.41) is 3.42. The van der Waals surface area contributed by atoms with Crippen molar-refractivity contribution in [2.24, 2.45) is 11.7 Å². The van der Waals surface area contributed by atoms with Gasteiger partial charge in [-0.25, -0.2) is 17.6 Å². The van der Waals surface area contributed by atoms with Gasteiger partial charge in [0.25, 0.3) is 12.9 Å². The van der Waals surface area contributed by atoms with Gasteiger partial charge in [-0.05, 0) is 31.4 Å². The number of likely N-dealkylation sites (tertiary alicyclic amines) is 1. The number of aromatic nitrogens is 2. The minimum absolute atomic E-state index is 0.182. The van der Waals surface area contributed by atoms with Crippen molar-refractivity contribution in [1.82, 2.24) is 14.7 Å². The highest BCUT2D eigenvalue weighted by molar-refractivity contribution is 5.76. The number of piperidine rings is 1. The van der Waals surface area contributed by atoms with Gasteiger partial charge in [0.1, 0.15) is 17.9 Å². The SMILES string of the molecule is NCC1CCCN(C(=O)Cn2nc(C(F)F)cc2C(F)F)C1. The van der Waals surface area contributed by atoms with Crippen LogP contribution in [-0.4, -0.2) is 40.2 Å². The Morgan fingerprint density at radius 3 is 2.68 bits per heavy atom. The molecule has 0 spiro atoms. The molecule has 1 fully saturated rings. The first-order valence-corrected chi connectivity index (χ1v) is 7.04. The predicted molar refractivity (Wildman–Crippen MR) is 70.5 cm³/mol. The van der Waals surface area contributed by atoms with Crippen molar-refractivity contribution in [3.63, 3.8) is 0 Å². The second kappa shape index (κ2) is 7.08. The van der Waals surface area contributed by atoms with Crippen LogP contribution >= 0.6 is 0 Å². The number of hydrogen-bond acceptors (Lipinski definition) is 3.